The summed E-state index contributed by atoms with van der Waals surface area (Å²) in [6.45, 7) is 3.50. The summed E-state index contributed by atoms with van der Waals surface area (Å²) < 4.78 is 4.36. The second kappa shape index (κ2) is 5.81. The first-order valence-electron chi connectivity index (χ1n) is 2.78. The Morgan fingerprint density at radius 2 is 2.40 bits per heavy atom. The lowest BCUT2D eigenvalue weighted by molar-refractivity contribution is -0.137. The van der Waals surface area contributed by atoms with Crippen LogP contribution in [0.1, 0.15) is 6.42 Å². The summed E-state index contributed by atoms with van der Waals surface area (Å²) in [5.74, 6) is -0.399. The van der Waals surface area contributed by atoms with Crippen LogP contribution < -0.4 is 5.32 Å². The monoisotopic (exact) mass is 143 g/mol. The van der Waals surface area contributed by atoms with Gasteiger partial charge in [0.25, 0.3) is 0 Å². The fourth-order valence-electron chi connectivity index (χ4n) is 0.385. The maximum absolute atomic E-state index is 10.5. The Morgan fingerprint density at radius 1 is 1.70 bits per heavy atom. The van der Waals surface area contributed by atoms with E-state index in [-0.39, 0.29) is 6.42 Å². The number of esters is 1. The summed E-state index contributed by atoms with van der Waals surface area (Å²) in [4.78, 5) is 20.1. The molecular formula is C6H9NO3. The van der Waals surface area contributed by atoms with Gasteiger partial charge in [-0.05, 0) is 0 Å². The van der Waals surface area contributed by atoms with Gasteiger partial charge in [-0.3, -0.25) is 9.59 Å². The van der Waals surface area contributed by atoms with Gasteiger partial charge in [0.05, 0.1) is 12.7 Å². The van der Waals surface area contributed by atoms with Crippen molar-refractivity contribution in [2.24, 2.45) is 0 Å². The van der Waals surface area contributed by atoms with E-state index in [4.69, 9.17) is 0 Å². The Hall–Kier alpha value is -1.32. The Kier molecular flexibility index (Phi) is 5.04. The molecule has 4 heteroatoms. The third-order valence-electron chi connectivity index (χ3n) is 0.772. The van der Waals surface area contributed by atoms with Gasteiger partial charge in [-0.1, -0.05) is 6.58 Å². The van der Waals surface area contributed by atoms with E-state index in [1.807, 2.05) is 0 Å². The van der Waals surface area contributed by atoms with E-state index in [1.54, 1.807) is 0 Å². The molecule has 0 heterocycles. The zero-order valence-corrected chi connectivity index (χ0v) is 5.50. The highest BCUT2D eigenvalue weighted by atomic mass is 16.5. The molecule has 0 spiro atoms. The van der Waals surface area contributed by atoms with E-state index in [1.165, 1.54) is 0 Å². The Labute approximate surface area is 58.9 Å². The molecule has 0 aliphatic carbocycles. The molecule has 0 aliphatic rings. The molecule has 10 heavy (non-hydrogen) atoms. The van der Waals surface area contributed by atoms with Gasteiger partial charge in [-0.25, -0.2) is 0 Å². The number of carbonyl (C=O) groups excluding carboxylic acids is 2. The predicted octanol–water partition coefficient (Wildman–Crippen LogP) is -0.191. The van der Waals surface area contributed by atoms with Crippen molar-refractivity contribution < 1.29 is 14.3 Å². The van der Waals surface area contributed by atoms with Crippen LogP contribution in [0.25, 0.3) is 0 Å². The van der Waals surface area contributed by atoms with E-state index in [9.17, 15) is 9.59 Å². The molecule has 0 unspecified atom stereocenters. The summed E-state index contributed by atoms with van der Waals surface area (Å²) in [5.41, 5.74) is 0. The second-order valence-electron chi connectivity index (χ2n) is 1.48. The maximum atomic E-state index is 10.5. The van der Waals surface area contributed by atoms with E-state index >= 15 is 0 Å². The minimum Gasteiger partial charge on any atom is -0.435 e. The van der Waals surface area contributed by atoms with E-state index in [2.05, 4.69) is 16.6 Å². The zero-order chi connectivity index (χ0) is 7.82. The smallest absolute Gasteiger partial charge is 0.312 e. The third kappa shape index (κ3) is 4.83. The molecule has 0 saturated heterocycles. The largest absolute Gasteiger partial charge is 0.435 e. The molecule has 0 fully saturated rings. The van der Waals surface area contributed by atoms with Crippen molar-refractivity contribution in [3.8, 4) is 0 Å². The Balaban J connectivity index is 3.20. The molecular weight excluding hydrogens is 134 g/mol. The maximum Gasteiger partial charge on any atom is 0.312 e. The van der Waals surface area contributed by atoms with E-state index in [0.29, 0.717) is 13.0 Å². The lowest BCUT2D eigenvalue weighted by Gasteiger charge is -1.96. The van der Waals surface area contributed by atoms with Crippen LogP contribution in [0.3, 0.4) is 0 Å². The van der Waals surface area contributed by atoms with Crippen LogP contribution in [-0.4, -0.2) is 18.9 Å². The first-order chi connectivity index (χ1) is 4.81. The molecule has 0 aromatic carbocycles. The molecule has 0 rings (SSSR count). The summed E-state index contributed by atoms with van der Waals surface area (Å²) in [6.07, 6.45) is 1.76. The van der Waals surface area contributed by atoms with Crippen molar-refractivity contribution in [1.29, 1.82) is 0 Å². The lowest BCUT2D eigenvalue weighted by atomic mass is 10.4. The van der Waals surface area contributed by atoms with Gasteiger partial charge in [0.2, 0.25) is 6.41 Å². The van der Waals surface area contributed by atoms with Gasteiger partial charge >= 0.3 is 5.97 Å². The SMILES string of the molecule is C=COC(=O)CCNC=O. The number of hydrogen-bond donors (Lipinski definition) is 1. The predicted molar refractivity (Wildman–Crippen MR) is 35.0 cm³/mol. The normalized spacial score (nSPS) is 8.00. The average molecular weight is 143 g/mol. The van der Waals surface area contributed by atoms with Crippen LogP contribution in [0.15, 0.2) is 12.8 Å². The van der Waals surface area contributed by atoms with Gasteiger partial charge in [-0.2, -0.15) is 0 Å². The van der Waals surface area contributed by atoms with Crippen molar-refractivity contribution >= 4 is 12.4 Å². The highest BCUT2D eigenvalue weighted by molar-refractivity contribution is 5.70. The first kappa shape index (κ1) is 8.68. The Bertz CT molecular complexity index is 133. The lowest BCUT2D eigenvalue weighted by Crippen LogP contribution is -2.16. The summed E-state index contributed by atoms with van der Waals surface area (Å²) in [7, 11) is 0. The summed E-state index contributed by atoms with van der Waals surface area (Å²) >= 11 is 0. The molecule has 0 radical (unpaired) electrons. The molecule has 0 aliphatic heterocycles. The van der Waals surface area contributed by atoms with Crippen LogP contribution in [0.2, 0.25) is 0 Å². The van der Waals surface area contributed by atoms with Crippen molar-refractivity contribution in [2.75, 3.05) is 6.54 Å². The third-order valence-corrected chi connectivity index (χ3v) is 0.772. The number of rotatable bonds is 5. The highest BCUT2D eigenvalue weighted by Gasteiger charge is 1.97. The number of hydrogen-bond acceptors (Lipinski definition) is 3. The van der Waals surface area contributed by atoms with Crippen LogP contribution in [0.4, 0.5) is 0 Å². The highest BCUT2D eigenvalue weighted by Crippen LogP contribution is 1.83. The molecule has 0 bridgehead atoms. The molecule has 0 saturated carbocycles. The van der Waals surface area contributed by atoms with Crippen molar-refractivity contribution in [3.63, 3.8) is 0 Å². The van der Waals surface area contributed by atoms with Crippen LogP contribution in [-0.2, 0) is 14.3 Å². The average Bonchev–Trinajstić information content (AvgIpc) is 1.89. The van der Waals surface area contributed by atoms with Crippen LogP contribution in [0, 0.1) is 0 Å². The second-order valence-corrected chi connectivity index (χ2v) is 1.48. The van der Waals surface area contributed by atoms with E-state index < -0.39 is 5.97 Å². The molecule has 0 atom stereocenters. The van der Waals surface area contributed by atoms with E-state index in [0.717, 1.165) is 6.26 Å². The van der Waals surface area contributed by atoms with Crippen molar-refractivity contribution in [3.05, 3.63) is 12.8 Å². The number of nitrogens with one attached hydrogen (secondary N) is 1. The molecule has 0 aromatic rings. The fourth-order valence-corrected chi connectivity index (χ4v) is 0.385. The molecule has 0 aromatic heterocycles. The summed E-state index contributed by atoms with van der Waals surface area (Å²) in [5, 5.41) is 2.32. The number of amides is 1. The number of ether oxygens (including phenoxy) is 1. The van der Waals surface area contributed by atoms with Gasteiger partial charge < -0.3 is 10.1 Å². The Morgan fingerprint density at radius 3 is 2.90 bits per heavy atom. The van der Waals surface area contributed by atoms with Crippen LogP contribution >= 0.6 is 0 Å². The van der Waals surface area contributed by atoms with Crippen molar-refractivity contribution in [2.45, 2.75) is 6.42 Å². The van der Waals surface area contributed by atoms with Crippen molar-refractivity contribution in [1.82, 2.24) is 5.32 Å². The minimum absolute atomic E-state index is 0.171. The number of carbonyl (C=O) groups is 2. The fraction of sp³-hybridized carbons (Fsp3) is 0.333. The zero-order valence-electron chi connectivity index (χ0n) is 5.50. The van der Waals surface area contributed by atoms with Gasteiger partial charge in [0, 0.05) is 6.54 Å². The molecule has 1 amide bonds. The van der Waals surface area contributed by atoms with Gasteiger partial charge in [0.1, 0.15) is 0 Å². The quantitative estimate of drug-likeness (QED) is 0.251. The topological polar surface area (TPSA) is 55.4 Å². The first-order valence-corrected chi connectivity index (χ1v) is 2.78. The van der Waals surface area contributed by atoms with Gasteiger partial charge in [-0.15, -0.1) is 0 Å². The summed E-state index contributed by atoms with van der Waals surface area (Å²) in [6, 6.07) is 0. The van der Waals surface area contributed by atoms with Gasteiger partial charge in [0.15, 0.2) is 0 Å². The standard InChI is InChI=1S/C6H9NO3/c1-2-10-6(9)3-4-7-5-8/h2,5H,1,3-4H2,(H,7,8). The molecule has 1 N–H and O–H groups in total. The van der Waals surface area contributed by atoms with Crippen LogP contribution in [0.5, 0.6) is 0 Å². The minimum atomic E-state index is -0.399. The molecule has 4 nitrogen and oxygen atoms in total. The molecule has 56 valence electrons.